The van der Waals surface area contributed by atoms with E-state index in [2.05, 4.69) is 10.9 Å². The summed E-state index contributed by atoms with van der Waals surface area (Å²) < 4.78 is 2.05. The molecule has 0 bridgehead atoms. The topological polar surface area (TPSA) is 38.1 Å². The second-order valence-electron chi connectivity index (χ2n) is 4.92. The van der Waals surface area contributed by atoms with Crippen molar-refractivity contribution in [1.29, 1.82) is 0 Å². The number of aromatic nitrogens is 2. The van der Waals surface area contributed by atoms with Crippen molar-refractivity contribution in [3.05, 3.63) is 30.1 Å². The Bertz CT molecular complexity index is 680. The number of carbonyl (C=O) groups excluding carboxylic acids is 1. The molecule has 1 aliphatic heterocycles. The van der Waals surface area contributed by atoms with Gasteiger partial charge in [0.2, 0.25) is 5.91 Å². The van der Waals surface area contributed by atoms with Crippen LogP contribution in [0.5, 0.6) is 0 Å². The first-order valence-corrected chi connectivity index (χ1v) is 6.33. The fourth-order valence-corrected chi connectivity index (χ4v) is 2.70. The fraction of sp³-hybridized carbons (Fsp3) is 0.333. The van der Waals surface area contributed by atoms with Crippen LogP contribution in [0.25, 0.3) is 11.0 Å². The number of nitrogens with zero attached hydrogens (tertiary/aromatic N) is 3. The predicted octanol–water partition coefficient (Wildman–Crippen LogP) is 1.62. The summed E-state index contributed by atoms with van der Waals surface area (Å²) in [7, 11) is 1.83. The zero-order chi connectivity index (χ0) is 13.4. The van der Waals surface area contributed by atoms with E-state index in [0.29, 0.717) is 19.5 Å². The van der Waals surface area contributed by atoms with Crippen molar-refractivity contribution in [2.45, 2.75) is 18.9 Å². The lowest BCUT2D eigenvalue weighted by atomic mass is 10.1. The lowest BCUT2D eigenvalue weighted by Gasteiger charge is -2.11. The first-order valence-electron chi connectivity index (χ1n) is 6.33. The van der Waals surface area contributed by atoms with E-state index in [9.17, 15) is 4.79 Å². The van der Waals surface area contributed by atoms with Gasteiger partial charge in [0, 0.05) is 25.9 Å². The Hall–Kier alpha value is -2.28. The summed E-state index contributed by atoms with van der Waals surface area (Å²) in [6, 6.07) is 7.94. The van der Waals surface area contributed by atoms with Gasteiger partial charge in [-0.05, 0) is 12.1 Å². The highest BCUT2D eigenvalue weighted by Crippen LogP contribution is 2.29. The van der Waals surface area contributed by atoms with Crippen molar-refractivity contribution in [1.82, 2.24) is 14.5 Å². The Morgan fingerprint density at radius 1 is 1.47 bits per heavy atom. The van der Waals surface area contributed by atoms with Crippen LogP contribution in [0.1, 0.15) is 18.2 Å². The van der Waals surface area contributed by atoms with E-state index in [-0.39, 0.29) is 11.8 Å². The molecule has 0 saturated carbocycles. The van der Waals surface area contributed by atoms with Gasteiger partial charge in [-0.15, -0.1) is 6.42 Å². The van der Waals surface area contributed by atoms with E-state index in [1.165, 1.54) is 0 Å². The molecule has 4 nitrogen and oxygen atoms in total. The molecule has 1 aromatic carbocycles. The highest BCUT2D eigenvalue weighted by molar-refractivity contribution is 5.80. The number of amides is 1. The molecule has 1 fully saturated rings. The number of likely N-dealkylation sites (tertiary alicyclic amines) is 1. The minimum Gasteiger partial charge on any atom is -0.345 e. The van der Waals surface area contributed by atoms with Crippen LogP contribution in [0.4, 0.5) is 0 Å². The largest absolute Gasteiger partial charge is 0.345 e. The molecular weight excluding hydrogens is 238 g/mol. The van der Waals surface area contributed by atoms with Crippen molar-refractivity contribution >= 4 is 16.9 Å². The highest BCUT2D eigenvalue weighted by atomic mass is 16.2. The van der Waals surface area contributed by atoms with E-state index in [4.69, 9.17) is 6.42 Å². The Labute approximate surface area is 112 Å². The molecule has 1 amide bonds. The summed E-state index contributed by atoms with van der Waals surface area (Å²) in [4.78, 5) is 18.1. The van der Waals surface area contributed by atoms with E-state index in [1.807, 2.05) is 35.9 Å². The average molecular weight is 253 g/mol. The number of hydrogen-bond acceptors (Lipinski definition) is 2. The number of fused-ring (bicyclic) bond motifs is 1. The quantitative estimate of drug-likeness (QED) is 0.763. The van der Waals surface area contributed by atoms with Gasteiger partial charge >= 0.3 is 0 Å². The maximum atomic E-state index is 11.7. The van der Waals surface area contributed by atoms with Crippen molar-refractivity contribution in [2.24, 2.45) is 0 Å². The molecule has 1 aliphatic rings. The number of imidazole rings is 1. The minimum absolute atomic E-state index is 0.137. The van der Waals surface area contributed by atoms with Gasteiger partial charge in [0.1, 0.15) is 5.82 Å². The average Bonchev–Trinajstić information content (AvgIpc) is 2.92. The molecule has 1 unspecified atom stereocenters. The van der Waals surface area contributed by atoms with Crippen molar-refractivity contribution in [3.8, 4) is 12.3 Å². The van der Waals surface area contributed by atoms with Crippen LogP contribution < -0.4 is 0 Å². The number of terminal acetylenes is 1. The molecule has 1 saturated heterocycles. The Morgan fingerprint density at radius 2 is 2.26 bits per heavy atom. The summed E-state index contributed by atoms with van der Waals surface area (Å²) in [5.74, 6) is 3.91. The molecule has 2 heterocycles. The molecule has 0 spiro atoms. The van der Waals surface area contributed by atoms with E-state index < -0.39 is 0 Å². The third-order valence-corrected chi connectivity index (χ3v) is 3.64. The van der Waals surface area contributed by atoms with Gasteiger partial charge in [-0.2, -0.15) is 0 Å². The lowest BCUT2D eigenvalue weighted by Crippen LogP contribution is -2.19. The maximum Gasteiger partial charge on any atom is 0.223 e. The summed E-state index contributed by atoms with van der Waals surface area (Å²) in [6.07, 6.45) is 5.98. The van der Waals surface area contributed by atoms with E-state index in [0.717, 1.165) is 16.9 Å². The zero-order valence-corrected chi connectivity index (χ0v) is 10.8. The summed E-state index contributed by atoms with van der Waals surface area (Å²) in [5, 5.41) is 0. The van der Waals surface area contributed by atoms with Gasteiger partial charge in [-0.1, -0.05) is 18.1 Å². The normalized spacial score (nSPS) is 19.1. The Morgan fingerprint density at radius 3 is 2.95 bits per heavy atom. The summed E-state index contributed by atoms with van der Waals surface area (Å²) in [6.45, 7) is 1.21. The van der Waals surface area contributed by atoms with Crippen LogP contribution >= 0.6 is 0 Å². The minimum atomic E-state index is 0.137. The molecule has 4 heteroatoms. The lowest BCUT2D eigenvalue weighted by molar-refractivity contribution is -0.126. The van der Waals surface area contributed by atoms with Crippen molar-refractivity contribution < 1.29 is 4.79 Å². The van der Waals surface area contributed by atoms with E-state index in [1.54, 1.807) is 4.90 Å². The molecule has 0 radical (unpaired) electrons. The van der Waals surface area contributed by atoms with Crippen LogP contribution in [0, 0.1) is 12.3 Å². The monoisotopic (exact) mass is 253 g/mol. The molecule has 1 aromatic heterocycles. The van der Waals surface area contributed by atoms with Crippen molar-refractivity contribution in [2.75, 3.05) is 13.6 Å². The van der Waals surface area contributed by atoms with Gasteiger partial charge in [-0.3, -0.25) is 4.79 Å². The number of benzene rings is 1. The second kappa shape index (κ2) is 4.43. The van der Waals surface area contributed by atoms with Crippen LogP contribution in [0.2, 0.25) is 0 Å². The summed E-state index contributed by atoms with van der Waals surface area (Å²) >= 11 is 0. The number of para-hydroxylation sites is 2. The molecule has 96 valence electrons. The van der Waals surface area contributed by atoms with Gasteiger partial charge < -0.3 is 9.47 Å². The van der Waals surface area contributed by atoms with Crippen molar-refractivity contribution in [3.63, 3.8) is 0 Å². The predicted molar refractivity (Wildman–Crippen MR) is 73.6 cm³/mol. The third-order valence-electron chi connectivity index (χ3n) is 3.64. The summed E-state index contributed by atoms with van der Waals surface area (Å²) in [5.41, 5.74) is 1.98. The Balaban J connectivity index is 2.10. The molecular formula is C15H15N3O. The van der Waals surface area contributed by atoms with Gasteiger partial charge in [0.15, 0.2) is 0 Å². The van der Waals surface area contributed by atoms with Gasteiger partial charge in [0.25, 0.3) is 0 Å². The molecule has 1 atom stereocenters. The second-order valence-corrected chi connectivity index (χ2v) is 4.92. The molecule has 0 N–H and O–H groups in total. The molecule has 0 aliphatic carbocycles. The van der Waals surface area contributed by atoms with Gasteiger partial charge in [0.05, 0.1) is 17.6 Å². The SMILES string of the molecule is C#CCn1c(C2CC(=O)N(C)C2)nc2ccccc21. The van der Waals surface area contributed by atoms with E-state index >= 15 is 0 Å². The first kappa shape index (κ1) is 11.8. The first-order chi connectivity index (χ1) is 9.20. The molecule has 3 rings (SSSR count). The molecule has 2 aromatic rings. The number of rotatable bonds is 2. The number of likely N-dealkylation sites (N-methyl/N-ethyl adjacent to an activating group) is 1. The highest BCUT2D eigenvalue weighted by Gasteiger charge is 2.31. The van der Waals surface area contributed by atoms with Crippen LogP contribution in [0.15, 0.2) is 24.3 Å². The number of hydrogen-bond donors (Lipinski definition) is 0. The standard InChI is InChI=1S/C15H15N3O/c1-3-8-18-13-7-5-4-6-12(13)16-15(18)11-9-14(19)17(2)10-11/h1,4-7,11H,8-10H2,2H3. The zero-order valence-electron chi connectivity index (χ0n) is 10.8. The smallest absolute Gasteiger partial charge is 0.223 e. The van der Waals surface area contributed by atoms with Gasteiger partial charge in [-0.25, -0.2) is 4.98 Å². The fourth-order valence-electron chi connectivity index (χ4n) is 2.70. The molecule has 19 heavy (non-hydrogen) atoms. The van der Waals surface area contributed by atoms with Crippen LogP contribution in [0.3, 0.4) is 0 Å². The third kappa shape index (κ3) is 1.88. The Kier molecular flexibility index (Phi) is 2.75. The van der Waals surface area contributed by atoms with Crippen LogP contribution in [-0.4, -0.2) is 34.0 Å². The van der Waals surface area contributed by atoms with Crippen LogP contribution in [-0.2, 0) is 11.3 Å². The number of carbonyl (C=O) groups is 1. The maximum absolute atomic E-state index is 11.7.